The van der Waals surface area contributed by atoms with Crippen LogP contribution in [0.2, 0.25) is 0 Å². The summed E-state index contributed by atoms with van der Waals surface area (Å²) >= 11 is 0. The fourth-order valence-corrected chi connectivity index (χ4v) is 3.12. The SMILES string of the molecule is CC(=O)O[C@H]1CO[C@H]([C@H]2[C@H](OC(C)=O)CCN2C(C)=O)[C@@H]1O. The molecule has 8 nitrogen and oxygen atoms in total. The van der Waals surface area contributed by atoms with Crippen molar-refractivity contribution in [2.24, 2.45) is 0 Å². The number of esters is 2. The van der Waals surface area contributed by atoms with E-state index in [-0.39, 0.29) is 12.5 Å². The molecule has 22 heavy (non-hydrogen) atoms. The zero-order valence-electron chi connectivity index (χ0n) is 12.9. The van der Waals surface area contributed by atoms with Crippen molar-refractivity contribution in [2.45, 2.75) is 57.6 Å². The summed E-state index contributed by atoms with van der Waals surface area (Å²) in [5.41, 5.74) is 0. The molecule has 2 fully saturated rings. The highest BCUT2D eigenvalue weighted by atomic mass is 16.6. The van der Waals surface area contributed by atoms with Gasteiger partial charge in [0.1, 0.15) is 18.3 Å². The highest BCUT2D eigenvalue weighted by molar-refractivity contribution is 5.74. The lowest BCUT2D eigenvalue weighted by Crippen LogP contribution is -2.52. The van der Waals surface area contributed by atoms with Crippen LogP contribution in [0.25, 0.3) is 0 Å². The molecule has 1 N–H and O–H groups in total. The highest BCUT2D eigenvalue weighted by Gasteiger charge is 2.51. The molecule has 124 valence electrons. The number of rotatable bonds is 3. The third-order valence-corrected chi connectivity index (χ3v) is 3.94. The molecule has 0 aromatic rings. The van der Waals surface area contributed by atoms with E-state index in [0.717, 1.165) is 0 Å². The van der Waals surface area contributed by atoms with Gasteiger partial charge in [0.05, 0.1) is 12.6 Å². The lowest BCUT2D eigenvalue weighted by atomic mass is 9.99. The second-order valence-electron chi connectivity index (χ2n) is 5.58. The minimum Gasteiger partial charge on any atom is -0.460 e. The maximum absolute atomic E-state index is 11.8. The molecule has 0 spiro atoms. The molecule has 8 heteroatoms. The van der Waals surface area contributed by atoms with Crippen molar-refractivity contribution in [1.82, 2.24) is 4.90 Å². The van der Waals surface area contributed by atoms with Gasteiger partial charge in [-0.25, -0.2) is 0 Å². The first-order chi connectivity index (χ1) is 10.3. The molecule has 2 aliphatic rings. The molecular weight excluding hydrogens is 294 g/mol. The first-order valence-corrected chi connectivity index (χ1v) is 7.22. The number of hydrogen-bond acceptors (Lipinski definition) is 7. The van der Waals surface area contributed by atoms with Crippen molar-refractivity contribution in [2.75, 3.05) is 13.2 Å². The Hall–Kier alpha value is -1.67. The number of hydrogen-bond donors (Lipinski definition) is 1. The van der Waals surface area contributed by atoms with Crippen LogP contribution in [0.1, 0.15) is 27.2 Å². The van der Waals surface area contributed by atoms with Gasteiger partial charge in [-0.1, -0.05) is 0 Å². The Kier molecular flexibility index (Phi) is 5.02. The van der Waals surface area contributed by atoms with E-state index in [2.05, 4.69) is 0 Å². The first kappa shape index (κ1) is 16.7. The quantitative estimate of drug-likeness (QED) is 0.682. The van der Waals surface area contributed by atoms with Gasteiger partial charge in [0, 0.05) is 33.7 Å². The van der Waals surface area contributed by atoms with Crippen molar-refractivity contribution >= 4 is 17.8 Å². The largest absolute Gasteiger partial charge is 0.460 e. The molecule has 2 saturated heterocycles. The molecule has 2 aliphatic heterocycles. The van der Waals surface area contributed by atoms with Gasteiger partial charge in [0.2, 0.25) is 5.91 Å². The Bertz CT molecular complexity index is 466. The molecule has 0 aromatic carbocycles. The number of carbonyl (C=O) groups excluding carboxylic acids is 3. The van der Waals surface area contributed by atoms with E-state index in [1.807, 2.05) is 0 Å². The number of aliphatic hydroxyl groups excluding tert-OH is 1. The van der Waals surface area contributed by atoms with E-state index in [1.54, 1.807) is 0 Å². The maximum atomic E-state index is 11.8. The van der Waals surface area contributed by atoms with Crippen LogP contribution in [0.15, 0.2) is 0 Å². The first-order valence-electron chi connectivity index (χ1n) is 7.22. The molecule has 2 heterocycles. The average molecular weight is 315 g/mol. The van der Waals surface area contributed by atoms with Crippen LogP contribution in [0.5, 0.6) is 0 Å². The Morgan fingerprint density at radius 2 is 1.68 bits per heavy atom. The number of ether oxygens (including phenoxy) is 3. The summed E-state index contributed by atoms with van der Waals surface area (Å²) < 4.78 is 15.8. The molecule has 1 amide bonds. The fourth-order valence-electron chi connectivity index (χ4n) is 3.12. The summed E-state index contributed by atoms with van der Waals surface area (Å²) in [6.45, 7) is 4.41. The maximum Gasteiger partial charge on any atom is 0.303 e. The summed E-state index contributed by atoms with van der Waals surface area (Å²) in [5.74, 6) is -1.16. The van der Waals surface area contributed by atoms with E-state index in [0.29, 0.717) is 13.0 Å². The summed E-state index contributed by atoms with van der Waals surface area (Å²) in [6.07, 6.45) is -2.69. The summed E-state index contributed by atoms with van der Waals surface area (Å²) in [7, 11) is 0. The standard InChI is InChI=1S/C14H21NO7/c1-7(16)15-5-4-10(21-8(2)17)12(15)14-13(19)11(6-20-14)22-9(3)18/h10-14,19H,4-6H2,1-3H3/t10-,11+,12-,13-,14-/m1/s1. The van der Waals surface area contributed by atoms with Crippen LogP contribution >= 0.6 is 0 Å². The Balaban J connectivity index is 2.16. The Morgan fingerprint density at radius 1 is 1.09 bits per heavy atom. The lowest BCUT2D eigenvalue weighted by molar-refractivity contribution is -0.154. The van der Waals surface area contributed by atoms with Crippen LogP contribution in [0.3, 0.4) is 0 Å². The number of nitrogens with zero attached hydrogens (tertiary/aromatic N) is 1. The predicted octanol–water partition coefficient (Wildman–Crippen LogP) is -0.770. The summed E-state index contributed by atoms with van der Waals surface area (Å²) in [4.78, 5) is 35.6. The van der Waals surface area contributed by atoms with Crippen LogP contribution in [-0.4, -0.2) is 71.5 Å². The van der Waals surface area contributed by atoms with Gasteiger partial charge in [-0.3, -0.25) is 14.4 Å². The number of aliphatic hydroxyl groups is 1. The molecule has 0 bridgehead atoms. The normalized spacial score (nSPS) is 34.5. The van der Waals surface area contributed by atoms with Gasteiger partial charge in [-0.2, -0.15) is 0 Å². The van der Waals surface area contributed by atoms with E-state index in [1.165, 1.54) is 25.7 Å². The van der Waals surface area contributed by atoms with Crippen LogP contribution < -0.4 is 0 Å². The Labute approximate surface area is 128 Å². The monoisotopic (exact) mass is 315 g/mol. The van der Waals surface area contributed by atoms with E-state index < -0.39 is 42.4 Å². The molecule has 5 atom stereocenters. The molecule has 0 aromatic heterocycles. The molecule has 0 unspecified atom stereocenters. The molecular formula is C14H21NO7. The van der Waals surface area contributed by atoms with Gasteiger partial charge in [0.25, 0.3) is 0 Å². The van der Waals surface area contributed by atoms with Crippen molar-refractivity contribution in [1.29, 1.82) is 0 Å². The van der Waals surface area contributed by atoms with E-state index in [9.17, 15) is 19.5 Å². The van der Waals surface area contributed by atoms with Crippen LogP contribution in [-0.2, 0) is 28.6 Å². The minimum absolute atomic E-state index is 0.0421. The zero-order chi connectivity index (χ0) is 16.4. The number of carbonyl (C=O) groups is 3. The fraction of sp³-hybridized carbons (Fsp3) is 0.786. The van der Waals surface area contributed by atoms with Crippen molar-refractivity contribution in [3.63, 3.8) is 0 Å². The van der Waals surface area contributed by atoms with Crippen LogP contribution in [0.4, 0.5) is 0 Å². The smallest absolute Gasteiger partial charge is 0.303 e. The van der Waals surface area contributed by atoms with Gasteiger partial charge in [0.15, 0.2) is 6.10 Å². The van der Waals surface area contributed by atoms with Crippen molar-refractivity contribution in [3.05, 3.63) is 0 Å². The van der Waals surface area contributed by atoms with Crippen molar-refractivity contribution in [3.8, 4) is 0 Å². The van der Waals surface area contributed by atoms with Crippen molar-refractivity contribution < 1.29 is 33.7 Å². The predicted molar refractivity (Wildman–Crippen MR) is 72.6 cm³/mol. The van der Waals surface area contributed by atoms with E-state index >= 15 is 0 Å². The van der Waals surface area contributed by atoms with Gasteiger partial charge in [-0.05, 0) is 0 Å². The third kappa shape index (κ3) is 3.38. The zero-order valence-corrected chi connectivity index (χ0v) is 12.9. The molecule has 0 radical (unpaired) electrons. The Morgan fingerprint density at radius 3 is 2.23 bits per heavy atom. The minimum atomic E-state index is -1.08. The topological polar surface area (TPSA) is 102 Å². The van der Waals surface area contributed by atoms with Gasteiger partial charge < -0.3 is 24.2 Å². The third-order valence-electron chi connectivity index (χ3n) is 3.94. The summed E-state index contributed by atoms with van der Waals surface area (Å²) in [6, 6.07) is -0.586. The molecule has 0 aliphatic carbocycles. The van der Waals surface area contributed by atoms with Gasteiger partial charge >= 0.3 is 11.9 Å². The lowest BCUT2D eigenvalue weighted by Gasteiger charge is -2.32. The molecule has 2 rings (SSSR count). The average Bonchev–Trinajstić information content (AvgIpc) is 2.93. The van der Waals surface area contributed by atoms with Gasteiger partial charge in [-0.15, -0.1) is 0 Å². The van der Waals surface area contributed by atoms with E-state index in [4.69, 9.17) is 14.2 Å². The van der Waals surface area contributed by atoms with Crippen LogP contribution in [0, 0.1) is 0 Å². The molecule has 0 saturated carbocycles. The number of amides is 1. The summed E-state index contributed by atoms with van der Waals surface area (Å²) in [5, 5.41) is 10.3. The number of likely N-dealkylation sites (tertiary alicyclic amines) is 1. The second-order valence-corrected chi connectivity index (χ2v) is 5.58. The second kappa shape index (κ2) is 6.62. The highest BCUT2D eigenvalue weighted by Crippen LogP contribution is 2.31.